The molecule has 6 heteroatoms. The van der Waals surface area contributed by atoms with Gasteiger partial charge in [0.2, 0.25) is 5.89 Å². The number of nitrogen functional groups attached to an aromatic ring is 1. The highest BCUT2D eigenvalue weighted by Gasteiger charge is 2.26. The summed E-state index contributed by atoms with van der Waals surface area (Å²) in [7, 11) is -3.26. The first-order chi connectivity index (χ1) is 8.79. The lowest BCUT2D eigenvalue weighted by Crippen LogP contribution is -2.24. The van der Waals surface area contributed by atoms with Crippen molar-refractivity contribution in [1.29, 1.82) is 0 Å². The molecule has 0 spiro atoms. The molecular formula is C13H18N2O3S. The van der Waals surface area contributed by atoms with E-state index in [2.05, 4.69) is 4.98 Å². The van der Waals surface area contributed by atoms with Crippen LogP contribution in [0.3, 0.4) is 0 Å². The lowest BCUT2D eigenvalue weighted by molar-refractivity contribution is 0.520. The van der Waals surface area contributed by atoms with Gasteiger partial charge in [-0.05, 0) is 31.0 Å². The van der Waals surface area contributed by atoms with Crippen molar-refractivity contribution < 1.29 is 12.8 Å². The second-order valence-corrected chi connectivity index (χ2v) is 7.45. The van der Waals surface area contributed by atoms with E-state index in [1.54, 1.807) is 25.1 Å². The Balaban J connectivity index is 2.31. The van der Waals surface area contributed by atoms with Gasteiger partial charge in [0.25, 0.3) is 0 Å². The summed E-state index contributed by atoms with van der Waals surface area (Å²) < 4.78 is 29.8. The monoisotopic (exact) mass is 282 g/mol. The molecule has 0 saturated carbocycles. The molecule has 2 rings (SSSR count). The number of anilines is 1. The highest BCUT2D eigenvalue weighted by molar-refractivity contribution is 7.91. The summed E-state index contributed by atoms with van der Waals surface area (Å²) in [4.78, 5) is 4.17. The predicted octanol–water partition coefficient (Wildman–Crippen LogP) is 2.37. The first-order valence-corrected chi connectivity index (χ1v) is 7.87. The van der Waals surface area contributed by atoms with E-state index in [0.29, 0.717) is 16.8 Å². The Morgan fingerprint density at radius 1 is 1.32 bits per heavy atom. The molecule has 0 aliphatic carbocycles. The minimum atomic E-state index is -3.26. The van der Waals surface area contributed by atoms with Gasteiger partial charge in [-0.15, -0.1) is 0 Å². The van der Waals surface area contributed by atoms with Crippen molar-refractivity contribution in [2.24, 2.45) is 5.92 Å². The van der Waals surface area contributed by atoms with Gasteiger partial charge in [-0.25, -0.2) is 13.4 Å². The summed E-state index contributed by atoms with van der Waals surface area (Å²) in [5, 5.41) is -0.424. The van der Waals surface area contributed by atoms with Gasteiger partial charge in [0.15, 0.2) is 15.4 Å². The van der Waals surface area contributed by atoms with Gasteiger partial charge in [-0.3, -0.25) is 0 Å². The number of fused-ring (bicyclic) bond motifs is 1. The molecule has 104 valence electrons. The van der Waals surface area contributed by atoms with Crippen LogP contribution in [0.5, 0.6) is 0 Å². The second kappa shape index (κ2) is 4.85. The Bertz CT molecular complexity index is 689. The Morgan fingerprint density at radius 3 is 2.63 bits per heavy atom. The third-order valence-corrected chi connectivity index (χ3v) is 5.61. The summed E-state index contributed by atoms with van der Waals surface area (Å²) >= 11 is 0. The average molecular weight is 282 g/mol. The molecule has 5 nitrogen and oxygen atoms in total. The zero-order valence-electron chi connectivity index (χ0n) is 11.3. The molecule has 0 fully saturated rings. The lowest BCUT2D eigenvalue weighted by atomic mass is 10.2. The predicted molar refractivity (Wildman–Crippen MR) is 75.3 cm³/mol. The van der Waals surface area contributed by atoms with Gasteiger partial charge < -0.3 is 10.2 Å². The van der Waals surface area contributed by atoms with Gasteiger partial charge >= 0.3 is 0 Å². The van der Waals surface area contributed by atoms with Crippen LogP contribution in [0, 0.1) is 5.92 Å². The maximum absolute atomic E-state index is 12.2. The molecule has 0 bridgehead atoms. The van der Waals surface area contributed by atoms with Crippen LogP contribution in [-0.4, -0.2) is 18.7 Å². The van der Waals surface area contributed by atoms with Crippen LogP contribution < -0.4 is 5.73 Å². The van der Waals surface area contributed by atoms with E-state index >= 15 is 0 Å². The summed E-state index contributed by atoms with van der Waals surface area (Å²) in [6.45, 7) is 5.48. The molecular weight excluding hydrogens is 264 g/mol. The third kappa shape index (κ3) is 2.89. The first-order valence-electron chi connectivity index (χ1n) is 6.16. The molecule has 1 aromatic heterocycles. The fraction of sp³-hybridized carbons (Fsp3) is 0.462. The van der Waals surface area contributed by atoms with Crippen molar-refractivity contribution >= 4 is 26.6 Å². The first kappa shape index (κ1) is 13.9. The van der Waals surface area contributed by atoms with Crippen LogP contribution >= 0.6 is 0 Å². The molecule has 19 heavy (non-hydrogen) atoms. The number of sulfone groups is 1. The van der Waals surface area contributed by atoms with Crippen molar-refractivity contribution in [3.8, 4) is 0 Å². The Labute approximate surface area is 112 Å². The van der Waals surface area contributed by atoms with Gasteiger partial charge in [-0.2, -0.15) is 0 Å². The largest absolute Gasteiger partial charge is 0.440 e. The summed E-state index contributed by atoms with van der Waals surface area (Å²) in [5.74, 6) is 0.0964. The normalized spacial score (nSPS) is 14.1. The number of hydrogen-bond acceptors (Lipinski definition) is 5. The molecule has 0 aliphatic rings. The maximum atomic E-state index is 12.2. The minimum Gasteiger partial charge on any atom is -0.440 e. The van der Waals surface area contributed by atoms with E-state index in [0.717, 1.165) is 0 Å². The third-order valence-electron chi connectivity index (χ3n) is 3.29. The van der Waals surface area contributed by atoms with Crippen molar-refractivity contribution in [2.45, 2.75) is 31.8 Å². The fourth-order valence-electron chi connectivity index (χ4n) is 1.77. The van der Waals surface area contributed by atoms with Crippen molar-refractivity contribution in [3.63, 3.8) is 0 Å². The molecule has 0 aliphatic heterocycles. The van der Waals surface area contributed by atoms with Gasteiger partial charge in [0, 0.05) is 5.69 Å². The van der Waals surface area contributed by atoms with E-state index in [9.17, 15) is 8.42 Å². The average Bonchev–Trinajstić information content (AvgIpc) is 2.68. The zero-order valence-corrected chi connectivity index (χ0v) is 12.1. The van der Waals surface area contributed by atoms with E-state index in [1.165, 1.54) is 0 Å². The van der Waals surface area contributed by atoms with Crippen molar-refractivity contribution in [1.82, 2.24) is 4.98 Å². The Morgan fingerprint density at radius 2 is 2.00 bits per heavy atom. The molecule has 2 aromatic rings. The lowest BCUT2D eigenvalue weighted by Gasteiger charge is -2.14. The van der Waals surface area contributed by atoms with Crippen LogP contribution in [0.1, 0.15) is 26.7 Å². The number of oxazole rings is 1. The van der Waals surface area contributed by atoms with Crippen molar-refractivity contribution in [3.05, 3.63) is 24.1 Å². The van der Waals surface area contributed by atoms with E-state index < -0.39 is 15.1 Å². The zero-order chi connectivity index (χ0) is 14.2. The molecule has 1 aromatic carbocycles. The quantitative estimate of drug-likeness (QED) is 0.870. The van der Waals surface area contributed by atoms with E-state index in [-0.39, 0.29) is 17.6 Å². The summed E-state index contributed by atoms with van der Waals surface area (Å²) in [5.41, 5.74) is 7.36. The number of rotatable bonds is 4. The minimum absolute atomic E-state index is 0.0602. The van der Waals surface area contributed by atoms with Gasteiger partial charge in [0.05, 0.1) is 5.25 Å². The molecule has 0 radical (unpaired) electrons. The van der Waals surface area contributed by atoms with Gasteiger partial charge in [0.1, 0.15) is 11.3 Å². The van der Waals surface area contributed by atoms with Crippen LogP contribution in [0.25, 0.3) is 11.1 Å². The summed E-state index contributed by atoms with van der Waals surface area (Å²) in [6, 6.07) is 5.06. The number of nitrogens with zero attached hydrogens (tertiary/aromatic N) is 1. The highest BCUT2D eigenvalue weighted by atomic mass is 32.2. The second-order valence-electron chi connectivity index (χ2n) is 5.09. The Hall–Kier alpha value is -1.56. The topological polar surface area (TPSA) is 86.2 Å². The van der Waals surface area contributed by atoms with Crippen LogP contribution in [-0.2, 0) is 15.6 Å². The highest BCUT2D eigenvalue weighted by Crippen LogP contribution is 2.22. The molecule has 2 N–H and O–H groups in total. The van der Waals surface area contributed by atoms with Crippen LogP contribution in [0.2, 0.25) is 0 Å². The number of hydrogen-bond donors (Lipinski definition) is 1. The number of nitrogens with two attached hydrogens (primary N) is 1. The number of aromatic nitrogens is 1. The molecule has 1 heterocycles. The fourth-order valence-corrected chi connectivity index (χ4v) is 3.33. The molecule has 1 unspecified atom stereocenters. The Kier molecular flexibility index (Phi) is 3.54. The van der Waals surface area contributed by atoms with E-state index in [1.807, 2.05) is 13.8 Å². The van der Waals surface area contributed by atoms with Crippen LogP contribution in [0.15, 0.2) is 22.6 Å². The molecule has 1 atom stereocenters. The maximum Gasteiger partial charge on any atom is 0.210 e. The SMILES string of the molecule is CC(C)C(C)S(=O)(=O)Cc1nc2cc(N)ccc2o1. The standard InChI is InChI=1S/C13H18N2O3S/c1-8(2)9(3)19(16,17)7-13-15-11-6-10(14)4-5-12(11)18-13/h4-6,8-9H,7,14H2,1-3H3. The number of benzene rings is 1. The van der Waals surface area contributed by atoms with Crippen molar-refractivity contribution in [2.75, 3.05) is 5.73 Å². The van der Waals surface area contributed by atoms with Crippen LogP contribution in [0.4, 0.5) is 5.69 Å². The molecule has 0 saturated heterocycles. The molecule has 0 amide bonds. The van der Waals surface area contributed by atoms with E-state index in [4.69, 9.17) is 10.2 Å². The summed E-state index contributed by atoms with van der Waals surface area (Å²) in [6.07, 6.45) is 0. The smallest absolute Gasteiger partial charge is 0.210 e. The van der Waals surface area contributed by atoms with Gasteiger partial charge in [-0.1, -0.05) is 13.8 Å².